The van der Waals surface area contributed by atoms with Crippen molar-refractivity contribution in [3.63, 3.8) is 0 Å². The van der Waals surface area contributed by atoms with Gasteiger partial charge in [0.05, 0.1) is 13.0 Å². The Hall–Kier alpha value is -1.43. The van der Waals surface area contributed by atoms with E-state index in [0.29, 0.717) is 30.9 Å². The fourth-order valence-electron chi connectivity index (χ4n) is 1.74. The van der Waals surface area contributed by atoms with Crippen molar-refractivity contribution in [3.05, 3.63) is 11.8 Å². The second-order valence-corrected chi connectivity index (χ2v) is 4.29. The summed E-state index contributed by atoms with van der Waals surface area (Å²) < 4.78 is 5.44. The number of carboxylic acids is 1. The summed E-state index contributed by atoms with van der Waals surface area (Å²) in [7, 11) is 0. The van der Waals surface area contributed by atoms with Crippen molar-refractivity contribution < 1.29 is 14.3 Å². The summed E-state index contributed by atoms with van der Waals surface area (Å²) in [6.07, 6.45) is 3.15. The van der Waals surface area contributed by atoms with Crippen molar-refractivity contribution >= 4 is 5.97 Å². The number of rotatable bonds is 7. The highest BCUT2D eigenvalue weighted by Gasteiger charge is 2.30. The largest absolute Gasteiger partial charge is 0.481 e. The molecule has 0 atom stereocenters. The van der Waals surface area contributed by atoms with Gasteiger partial charge < -0.3 is 9.52 Å². The van der Waals surface area contributed by atoms with Crippen molar-refractivity contribution in [1.82, 2.24) is 15.1 Å². The molecule has 1 saturated carbocycles. The van der Waals surface area contributed by atoms with Crippen LogP contribution in [0.4, 0.5) is 0 Å². The first-order valence-corrected chi connectivity index (χ1v) is 5.96. The molecule has 0 aromatic carbocycles. The van der Waals surface area contributed by atoms with Crippen molar-refractivity contribution in [2.75, 3.05) is 6.54 Å². The van der Waals surface area contributed by atoms with Gasteiger partial charge >= 0.3 is 5.97 Å². The topological polar surface area (TPSA) is 79.5 Å². The lowest BCUT2D eigenvalue weighted by Crippen LogP contribution is -2.28. The van der Waals surface area contributed by atoms with Crippen LogP contribution in [-0.2, 0) is 17.8 Å². The number of aliphatic carboxylic acids is 1. The van der Waals surface area contributed by atoms with Crippen molar-refractivity contribution in [2.45, 2.75) is 45.2 Å². The standard InChI is InChI=1S/C11H17N3O3/c1-2-9-12-13-10(17-9)7-14(8-3-4-8)6-5-11(15)16/h8H,2-7H2,1H3,(H,15,16). The summed E-state index contributed by atoms with van der Waals surface area (Å²) in [6, 6.07) is 0.492. The Labute approximate surface area is 99.6 Å². The summed E-state index contributed by atoms with van der Waals surface area (Å²) in [4.78, 5) is 12.7. The molecule has 94 valence electrons. The van der Waals surface area contributed by atoms with Crippen LogP contribution in [0.1, 0.15) is 38.0 Å². The highest BCUT2D eigenvalue weighted by Crippen LogP contribution is 2.28. The molecule has 17 heavy (non-hydrogen) atoms. The second-order valence-electron chi connectivity index (χ2n) is 4.29. The minimum atomic E-state index is -0.768. The van der Waals surface area contributed by atoms with Crippen LogP contribution in [0.2, 0.25) is 0 Å². The molecule has 1 aliphatic carbocycles. The molecular formula is C11H17N3O3. The first-order valence-electron chi connectivity index (χ1n) is 5.96. The third-order valence-electron chi connectivity index (χ3n) is 2.83. The molecule has 6 heteroatoms. The predicted octanol–water partition coefficient (Wildman–Crippen LogP) is 1.07. The minimum absolute atomic E-state index is 0.158. The number of hydrogen-bond acceptors (Lipinski definition) is 5. The van der Waals surface area contributed by atoms with Crippen LogP contribution in [0.15, 0.2) is 4.42 Å². The number of aryl methyl sites for hydroxylation is 1. The van der Waals surface area contributed by atoms with Crippen LogP contribution in [0, 0.1) is 0 Å². The maximum absolute atomic E-state index is 10.6. The number of hydrogen-bond donors (Lipinski definition) is 1. The summed E-state index contributed by atoms with van der Waals surface area (Å²) in [5.41, 5.74) is 0. The lowest BCUT2D eigenvalue weighted by molar-refractivity contribution is -0.137. The van der Waals surface area contributed by atoms with Gasteiger partial charge in [-0.05, 0) is 12.8 Å². The van der Waals surface area contributed by atoms with E-state index in [4.69, 9.17) is 9.52 Å². The van der Waals surface area contributed by atoms with Crippen LogP contribution in [0.25, 0.3) is 0 Å². The Morgan fingerprint density at radius 2 is 2.18 bits per heavy atom. The van der Waals surface area contributed by atoms with E-state index in [1.807, 2.05) is 6.92 Å². The fraction of sp³-hybridized carbons (Fsp3) is 0.727. The van der Waals surface area contributed by atoms with Crippen molar-refractivity contribution in [1.29, 1.82) is 0 Å². The summed E-state index contributed by atoms with van der Waals surface area (Å²) in [5.74, 6) is 0.448. The first-order chi connectivity index (χ1) is 8.19. The Morgan fingerprint density at radius 3 is 2.71 bits per heavy atom. The van der Waals surface area contributed by atoms with E-state index < -0.39 is 5.97 Å². The highest BCUT2D eigenvalue weighted by molar-refractivity contribution is 5.66. The van der Waals surface area contributed by atoms with Crippen molar-refractivity contribution in [3.8, 4) is 0 Å². The third-order valence-corrected chi connectivity index (χ3v) is 2.83. The number of carbonyl (C=O) groups is 1. The van der Waals surface area contributed by atoms with Gasteiger partial charge in [-0.2, -0.15) is 0 Å². The van der Waals surface area contributed by atoms with Gasteiger partial charge in [-0.3, -0.25) is 9.69 Å². The van der Waals surface area contributed by atoms with Crippen molar-refractivity contribution in [2.24, 2.45) is 0 Å². The molecule has 1 aliphatic rings. The van der Waals surface area contributed by atoms with E-state index in [0.717, 1.165) is 19.3 Å². The molecule has 0 saturated heterocycles. The van der Waals surface area contributed by atoms with Gasteiger partial charge in [0.1, 0.15) is 0 Å². The normalized spacial score (nSPS) is 15.4. The summed E-state index contributed by atoms with van der Waals surface area (Å²) >= 11 is 0. The second kappa shape index (κ2) is 5.27. The van der Waals surface area contributed by atoms with Crippen LogP contribution in [0.3, 0.4) is 0 Å². The molecule has 0 bridgehead atoms. The fourth-order valence-corrected chi connectivity index (χ4v) is 1.74. The van der Waals surface area contributed by atoms with Crippen LogP contribution < -0.4 is 0 Å². The maximum atomic E-state index is 10.6. The van der Waals surface area contributed by atoms with Gasteiger partial charge in [0.15, 0.2) is 0 Å². The van der Waals surface area contributed by atoms with E-state index in [9.17, 15) is 4.79 Å². The van der Waals surface area contributed by atoms with Crippen LogP contribution >= 0.6 is 0 Å². The van der Waals surface area contributed by atoms with E-state index in [1.165, 1.54) is 0 Å². The van der Waals surface area contributed by atoms with Gasteiger partial charge in [0.25, 0.3) is 0 Å². The molecule has 1 aromatic heterocycles. The molecule has 1 fully saturated rings. The lowest BCUT2D eigenvalue weighted by Gasteiger charge is -2.18. The quantitative estimate of drug-likeness (QED) is 0.766. The molecule has 0 unspecified atom stereocenters. The Kier molecular flexibility index (Phi) is 3.73. The molecule has 0 amide bonds. The third kappa shape index (κ3) is 3.52. The Balaban J connectivity index is 1.90. The first kappa shape index (κ1) is 12.0. The zero-order chi connectivity index (χ0) is 12.3. The molecular weight excluding hydrogens is 222 g/mol. The molecule has 0 aliphatic heterocycles. The highest BCUT2D eigenvalue weighted by atomic mass is 16.4. The predicted molar refractivity (Wildman–Crippen MR) is 59.4 cm³/mol. The average Bonchev–Trinajstić information content (AvgIpc) is 3.04. The monoisotopic (exact) mass is 239 g/mol. The zero-order valence-electron chi connectivity index (χ0n) is 9.93. The van der Waals surface area contributed by atoms with E-state index in [1.54, 1.807) is 0 Å². The summed E-state index contributed by atoms with van der Waals surface area (Å²) in [5, 5.41) is 16.6. The molecule has 0 spiro atoms. The maximum Gasteiger partial charge on any atom is 0.304 e. The smallest absolute Gasteiger partial charge is 0.304 e. The van der Waals surface area contributed by atoms with E-state index >= 15 is 0 Å². The number of nitrogens with zero attached hydrogens (tertiary/aromatic N) is 3. The SMILES string of the molecule is CCc1nnc(CN(CCC(=O)O)C2CC2)o1. The van der Waals surface area contributed by atoms with Crippen LogP contribution in [-0.4, -0.2) is 38.8 Å². The minimum Gasteiger partial charge on any atom is -0.481 e. The van der Waals surface area contributed by atoms with Crippen LogP contribution in [0.5, 0.6) is 0 Å². The van der Waals surface area contributed by atoms with Gasteiger partial charge in [0, 0.05) is 19.0 Å². The average molecular weight is 239 g/mol. The Bertz CT molecular complexity index is 387. The van der Waals surface area contributed by atoms with Gasteiger partial charge in [0.2, 0.25) is 11.8 Å². The molecule has 1 N–H and O–H groups in total. The molecule has 0 radical (unpaired) electrons. The van der Waals surface area contributed by atoms with Gasteiger partial charge in [-0.15, -0.1) is 10.2 Å². The summed E-state index contributed by atoms with van der Waals surface area (Å²) in [6.45, 7) is 3.06. The van der Waals surface area contributed by atoms with Gasteiger partial charge in [-0.1, -0.05) is 6.92 Å². The number of carboxylic acid groups (broad SMARTS) is 1. The number of aromatic nitrogens is 2. The lowest BCUT2D eigenvalue weighted by atomic mass is 10.3. The molecule has 1 aromatic rings. The molecule has 2 rings (SSSR count). The Morgan fingerprint density at radius 1 is 1.47 bits per heavy atom. The van der Waals surface area contributed by atoms with Gasteiger partial charge in [-0.25, -0.2) is 0 Å². The molecule has 1 heterocycles. The van der Waals surface area contributed by atoms with E-state index in [-0.39, 0.29) is 6.42 Å². The zero-order valence-corrected chi connectivity index (χ0v) is 9.93. The molecule has 6 nitrogen and oxygen atoms in total. The van der Waals surface area contributed by atoms with E-state index in [2.05, 4.69) is 15.1 Å².